The minimum Gasteiger partial charge on any atom is -1.00 e. The van der Waals surface area contributed by atoms with Crippen molar-refractivity contribution in [3.05, 3.63) is 11.6 Å². The number of halogens is 1. The van der Waals surface area contributed by atoms with E-state index in [-0.39, 0.29) is 12.4 Å². The average molecular weight is 376 g/mol. The summed E-state index contributed by atoms with van der Waals surface area (Å²) in [6.45, 7) is 0.887. The molecular formula is C10H14ClNO2S5. The third-order valence-electron chi connectivity index (χ3n) is 2.39. The Morgan fingerprint density at radius 1 is 1.05 bits per heavy atom. The van der Waals surface area contributed by atoms with Crippen molar-refractivity contribution in [1.29, 1.82) is 0 Å². The number of hydrogen-bond acceptors (Lipinski definition) is 7. The van der Waals surface area contributed by atoms with Gasteiger partial charge in [-0.2, -0.15) is 0 Å². The van der Waals surface area contributed by atoms with E-state index in [0.29, 0.717) is 0 Å². The third-order valence-corrected chi connectivity index (χ3v) is 10.9. The molecule has 0 amide bonds. The molecule has 0 fully saturated rings. The number of benzene rings is 1. The first-order chi connectivity index (χ1) is 8.81. The van der Waals surface area contributed by atoms with Crippen LogP contribution in [0.4, 0.5) is 0 Å². The van der Waals surface area contributed by atoms with Crippen molar-refractivity contribution in [2.45, 2.75) is 16.2 Å². The quantitative estimate of drug-likeness (QED) is 0.771. The molecule has 0 aliphatic carbocycles. The summed E-state index contributed by atoms with van der Waals surface area (Å²) in [6, 6.07) is 2.08. The van der Waals surface area contributed by atoms with Crippen molar-refractivity contribution in [3.8, 4) is 11.5 Å². The molecule has 1 heterocycles. The largest absolute Gasteiger partial charge is 1.00 e. The smallest absolute Gasteiger partial charge is 0.176 e. The van der Waals surface area contributed by atoms with Crippen molar-refractivity contribution in [3.63, 3.8) is 0 Å². The van der Waals surface area contributed by atoms with E-state index in [1.54, 1.807) is 65.3 Å². The fraction of sp³-hybridized carbons (Fsp3) is 0.400. The van der Waals surface area contributed by atoms with Crippen molar-refractivity contribution >= 4 is 51.1 Å². The van der Waals surface area contributed by atoms with E-state index in [2.05, 4.69) is 11.8 Å². The zero-order valence-electron chi connectivity index (χ0n) is 10.4. The highest BCUT2D eigenvalue weighted by Gasteiger charge is 2.23. The standard InChI is InChI=1S/C10H13NO2S5.ClH/c1-12-7-5-6(3-4-11)9-10(8(7)13-2)15-17-18-16-14-9;/h5H,3-4,11H2,1-2H3;1H. The molecule has 1 aliphatic heterocycles. The van der Waals surface area contributed by atoms with Gasteiger partial charge in [0.15, 0.2) is 11.5 Å². The molecule has 0 saturated heterocycles. The molecular weight excluding hydrogens is 362 g/mol. The van der Waals surface area contributed by atoms with E-state index >= 15 is 0 Å². The lowest BCUT2D eigenvalue weighted by Gasteiger charge is -2.16. The highest BCUT2D eigenvalue weighted by atomic mass is 35.5. The van der Waals surface area contributed by atoms with Gasteiger partial charge in [-0.15, -0.1) is 0 Å². The highest BCUT2D eigenvalue weighted by molar-refractivity contribution is 9.36. The summed E-state index contributed by atoms with van der Waals surface area (Å²) in [5.41, 5.74) is 5.24. The second kappa shape index (κ2) is 8.96. The van der Waals surface area contributed by atoms with Gasteiger partial charge in [0.2, 0.25) is 0 Å². The van der Waals surface area contributed by atoms with Crippen LogP contribution in [0.25, 0.3) is 0 Å². The Kier molecular flexibility index (Phi) is 8.43. The minimum absolute atomic E-state index is 0. The molecule has 108 valence electrons. The van der Waals surface area contributed by atoms with Gasteiger partial charge >= 0.3 is 0 Å². The SMILES string of the molecule is COc1cc(CC[NH3+])c2c(c1OC)SSSSS2.[Cl-]. The first-order valence-corrected chi connectivity index (χ1v) is 11.4. The van der Waals surface area contributed by atoms with Crippen LogP contribution in [-0.2, 0) is 6.42 Å². The van der Waals surface area contributed by atoms with E-state index in [0.717, 1.165) is 24.5 Å². The number of methoxy groups -OCH3 is 2. The molecule has 3 nitrogen and oxygen atoms in total. The predicted molar refractivity (Wildman–Crippen MR) is 85.5 cm³/mol. The normalized spacial score (nSPS) is 14.1. The second-order valence-corrected chi connectivity index (χ2v) is 10.9. The van der Waals surface area contributed by atoms with Crippen LogP contribution in [0.2, 0.25) is 0 Å². The van der Waals surface area contributed by atoms with E-state index in [4.69, 9.17) is 9.47 Å². The van der Waals surface area contributed by atoms with E-state index < -0.39 is 0 Å². The number of ether oxygens (including phenoxy) is 2. The maximum absolute atomic E-state index is 5.52. The minimum atomic E-state index is 0. The van der Waals surface area contributed by atoms with Gasteiger partial charge in [0, 0.05) is 11.3 Å². The van der Waals surface area contributed by atoms with Gasteiger partial charge in [-0.25, -0.2) is 0 Å². The molecule has 0 atom stereocenters. The predicted octanol–water partition coefficient (Wildman–Crippen LogP) is 0.550. The molecule has 1 aromatic rings. The summed E-state index contributed by atoms with van der Waals surface area (Å²) in [4.78, 5) is 2.47. The Bertz CT molecular complexity index is 435. The molecule has 1 aromatic carbocycles. The molecule has 0 spiro atoms. The fourth-order valence-electron chi connectivity index (χ4n) is 1.65. The Balaban J connectivity index is 0.00000180. The molecule has 0 aromatic heterocycles. The maximum atomic E-state index is 5.52. The van der Waals surface area contributed by atoms with Crippen LogP contribution in [0.15, 0.2) is 15.9 Å². The Labute approximate surface area is 138 Å². The molecule has 19 heavy (non-hydrogen) atoms. The fourth-order valence-corrected chi connectivity index (χ4v) is 10.9. The zero-order chi connectivity index (χ0) is 13.0. The summed E-state index contributed by atoms with van der Waals surface area (Å²) in [5, 5.41) is 0. The van der Waals surface area contributed by atoms with Gasteiger partial charge in [-0.3, -0.25) is 0 Å². The molecule has 2 rings (SSSR count). The van der Waals surface area contributed by atoms with E-state index in [1.165, 1.54) is 15.4 Å². The van der Waals surface area contributed by atoms with Crippen LogP contribution in [-0.4, -0.2) is 20.8 Å². The molecule has 0 unspecified atom stereocenters. The monoisotopic (exact) mass is 375 g/mol. The lowest BCUT2D eigenvalue weighted by molar-refractivity contribution is -0.366. The van der Waals surface area contributed by atoms with Crippen LogP contribution in [0.3, 0.4) is 0 Å². The summed E-state index contributed by atoms with van der Waals surface area (Å²) in [6.07, 6.45) is 0.964. The average Bonchev–Trinajstić information content (AvgIpc) is 2.64. The number of rotatable bonds is 4. The molecule has 0 radical (unpaired) electrons. The van der Waals surface area contributed by atoms with E-state index in [9.17, 15) is 0 Å². The molecule has 3 N–H and O–H groups in total. The first kappa shape index (κ1) is 17.9. The Hall–Kier alpha value is 0.820. The maximum Gasteiger partial charge on any atom is 0.176 e. The van der Waals surface area contributed by atoms with Gasteiger partial charge in [0.1, 0.15) is 0 Å². The van der Waals surface area contributed by atoms with Gasteiger partial charge in [0.05, 0.1) is 25.7 Å². The van der Waals surface area contributed by atoms with Crippen molar-refractivity contribution in [2.24, 2.45) is 0 Å². The first-order valence-electron chi connectivity index (χ1n) is 5.23. The highest BCUT2D eigenvalue weighted by Crippen LogP contribution is 2.63. The third kappa shape index (κ3) is 4.15. The lowest BCUT2D eigenvalue weighted by atomic mass is 10.1. The van der Waals surface area contributed by atoms with Crippen LogP contribution in [0, 0.1) is 0 Å². The summed E-state index contributed by atoms with van der Waals surface area (Å²) < 4.78 is 11.0. The van der Waals surface area contributed by atoms with Gasteiger partial charge in [-0.1, -0.05) is 0 Å². The van der Waals surface area contributed by atoms with Crippen LogP contribution in [0.1, 0.15) is 5.56 Å². The van der Waals surface area contributed by atoms with Crippen molar-refractivity contribution in [1.82, 2.24) is 0 Å². The van der Waals surface area contributed by atoms with Crippen LogP contribution in [0.5, 0.6) is 11.5 Å². The summed E-state index contributed by atoms with van der Waals surface area (Å²) >= 11 is 0. The Morgan fingerprint density at radius 2 is 1.74 bits per heavy atom. The molecule has 0 saturated carbocycles. The van der Waals surface area contributed by atoms with Gasteiger partial charge in [0.25, 0.3) is 0 Å². The van der Waals surface area contributed by atoms with Crippen molar-refractivity contribution < 1.29 is 27.6 Å². The molecule has 1 aliphatic rings. The summed E-state index contributed by atoms with van der Waals surface area (Å²) in [5.74, 6) is 1.65. The Morgan fingerprint density at radius 3 is 2.32 bits per heavy atom. The van der Waals surface area contributed by atoms with Gasteiger partial charge in [-0.05, 0) is 62.7 Å². The summed E-state index contributed by atoms with van der Waals surface area (Å²) in [7, 11) is 12.2. The number of fused-ring (bicyclic) bond motifs is 1. The van der Waals surface area contributed by atoms with Crippen molar-refractivity contribution in [2.75, 3.05) is 20.8 Å². The van der Waals surface area contributed by atoms with Gasteiger partial charge < -0.3 is 27.6 Å². The number of hydrogen-bond donors (Lipinski definition) is 1. The zero-order valence-corrected chi connectivity index (χ0v) is 15.3. The second-order valence-electron chi connectivity index (χ2n) is 3.40. The van der Waals surface area contributed by atoms with Crippen LogP contribution < -0.4 is 27.6 Å². The molecule has 9 heteroatoms. The number of quaternary nitrogens is 1. The molecule has 0 bridgehead atoms. The lowest BCUT2D eigenvalue weighted by Crippen LogP contribution is -3.00. The van der Waals surface area contributed by atoms with Crippen LogP contribution >= 0.6 is 51.1 Å². The topological polar surface area (TPSA) is 46.1 Å². The van der Waals surface area contributed by atoms with E-state index in [1.807, 2.05) is 0 Å².